The van der Waals surface area contributed by atoms with Gasteiger partial charge in [0.15, 0.2) is 0 Å². The molecule has 3 atom stereocenters. The smallest absolute Gasteiger partial charge is 0.410 e. The molecule has 0 radical (unpaired) electrons. The monoisotopic (exact) mass is 318 g/mol. The van der Waals surface area contributed by atoms with Gasteiger partial charge in [-0.15, -0.1) is 11.6 Å². The number of aliphatic hydroxyl groups excluding tert-OH is 1. The average Bonchev–Trinajstić information content (AvgIpc) is 2.90. The topological polar surface area (TPSA) is 70.1 Å². The van der Waals surface area contributed by atoms with Gasteiger partial charge in [-0.05, 0) is 26.7 Å². The minimum Gasteiger partial charge on any atom is -0.444 e. The fourth-order valence-corrected chi connectivity index (χ4v) is 2.99. The van der Waals surface area contributed by atoms with Crippen LogP contribution in [-0.2, 0) is 9.53 Å². The molecule has 0 spiro atoms. The first-order chi connectivity index (χ1) is 9.71. The van der Waals surface area contributed by atoms with E-state index in [0.29, 0.717) is 25.4 Å². The summed E-state index contributed by atoms with van der Waals surface area (Å²) in [5.74, 6) is 0.554. The molecule has 0 bridgehead atoms. The molecule has 21 heavy (non-hydrogen) atoms. The second kappa shape index (κ2) is 6.01. The summed E-state index contributed by atoms with van der Waals surface area (Å²) in [6.45, 7) is 6.43. The zero-order valence-corrected chi connectivity index (χ0v) is 13.5. The lowest BCUT2D eigenvalue weighted by molar-refractivity contribution is -0.131. The van der Waals surface area contributed by atoms with Crippen molar-refractivity contribution in [3.63, 3.8) is 0 Å². The van der Waals surface area contributed by atoms with Crippen molar-refractivity contribution in [2.24, 2.45) is 5.92 Å². The number of aliphatic hydroxyl groups is 1. The number of carbonyl (C=O) groups excluding carboxylic acids is 2. The molecule has 2 heterocycles. The number of amides is 2. The molecular weight excluding hydrogens is 296 g/mol. The fraction of sp³-hybridized carbons (Fsp3) is 0.857. The molecule has 7 heteroatoms. The maximum atomic E-state index is 12.0. The summed E-state index contributed by atoms with van der Waals surface area (Å²) in [5.41, 5.74) is -0.576. The van der Waals surface area contributed by atoms with Crippen LogP contribution < -0.4 is 0 Å². The van der Waals surface area contributed by atoms with Crippen LogP contribution in [0.4, 0.5) is 4.79 Å². The summed E-state index contributed by atoms with van der Waals surface area (Å²) >= 11 is 5.81. The molecule has 2 aliphatic heterocycles. The summed E-state index contributed by atoms with van der Waals surface area (Å²) in [6, 6.07) is -0.363. The zero-order valence-electron chi connectivity index (χ0n) is 12.7. The van der Waals surface area contributed by atoms with Crippen LogP contribution in [0.3, 0.4) is 0 Å². The highest BCUT2D eigenvalue weighted by atomic mass is 35.5. The lowest BCUT2D eigenvalue weighted by Gasteiger charge is -2.27. The van der Waals surface area contributed by atoms with Gasteiger partial charge in [0.1, 0.15) is 5.60 Å². The predicted molar refractivity (Wildman–Crippen MR) is 78.1 cm³/mol. The van der Waals surface area contributed by atoms with Crippen molar-refractivity contribution in [1.82, 2.24) is 9.80 Å². The number of β-amino-alcohol motifs (C(OH)–C–C–N with tert-alkyl or cyclic N) is 1. The Labute approximate surface area is 130 Å². The van der Waals surface area contributed by atoms with Crippen LogP contribution in [0, 0.1) is 5.92 Å². The molecule has 0 aromatic heterocycles. The Morgan fingerprint density at radius 3 is 2.57 bits per heavy atom. The predicted octanol–water partition coefficient (Wildman–Crippen LogP) is 1.05. The van der Waals surface area contributed by atoms with E-state index >= 15 is 0 Å². The number of rotatable bonds is 2. The largest absolute Gasteiger partial charge is 0.444 e. The van der Waals surface area contributed by atoms with E-state index in [2.05, 4.69) is 0 Å². The third-order valence-electron chi connectivity index (χ3n) is 3.77. The van der Waals surface area contributed by atoms with E-state index in [1.807, 2.05) is 0 Å². The number of likely N-dealkylation sites (tertiary alicyclic amines) is 2. The van der Waals surface area contributed by atoms with E-state index in [9.17, 15) is 14.7 Å². The first-order valence-electron chi connectivity index (χ1n) is 7.22. The fourth-order valence-electron chi connectivity index (χ4n) is 2.78. The molecule has 1 N–H and O–H groups in total. The van der Waals surface area contributed by atoms with Crippen LogP contribution >= 0.6 is 11.6 Å². The van der Waals surface area contributed by atoms with E-state index in [1.165, 1.54) is 4.90 Å². The molecule has 3 unspecified atom stereocenters. The van der Waals surface area contributed by atoms with E-state index < -0.39 is 17.8 Å². The SMILES string of the molecule is CC(C)(C)OC(=O)N1CC(O)C(N2CC(CCl)CC2=O)C1. The molecule has 2 rings (SSSR count). The number of hydrogen-bond acceptors (Lipinski definition) is 4. The molecule has 0 aromatic carbocycles. The van der Waals surface area contributed by atoms with Gasteiger partial charge in [-0.3, -0.25) is 4.79 Å². The number of nitrogens with zero attached hydrogens (tertiary/aromatic N) is 2. The Kier molecular flexibility index (Phi) is 4.68. The highest BCUT2D eigenvalue weighted by molar-refractivity contribution is 6.18. The van der Waals surface area contributed by atoms with Gasteiger partial charge in [-0.25, -0.2) is 4.79 Å². The second-order valence-corrected chi connectivity index (χ2v) is 7.10. The summed E-state index contributed by atoms with van der Waals surface area (Å²) in [7, 11) is 0. The summed E-state index contributed by atoms with van der Waals surface area (Å²) in [5, 5.41) is 10.2. The Balaban J connectivity index is 1.98. The summed E-state index contributed by atoms with van der Waals surface area (Å²) < 4.78 is 5.30. The van der Waals surface area contributed by atoms with Gasteiger partial charge < -0.3 is 19.6 Å². The number of hydrogen-bond donors (Lipinski definition) is 1. The van der Waals surface area contributed by atoms with Crippen LogP contribution in [0.1, 0.15) is 27.2 Å². The first-order valence-corrected chi connectivity index (χ1v) is 7.76. The van der Waals surface area contributed by atoms with Crippen LogP contribution in [0.2, 0.25) is 0 Å². The van der Waals surface area contributed by atoms with Crippen molar-refractivity contribution >= 4 is 23.6 Å². The molecule has 0 aliphatic carbocycles. The quantitative estimate of drug-likeness (QED) is 0.773. The van der Waals surface area contributed by atoms with Crippen molar-refractivity contribution in [3.8, 4) is 0 Å². The Hall–Kier alpha value is -1.01. The Bertz CT molecular complexity index is 424. The molecule has 0 aromatic rings. The van der Waals surface area contributed by atoms with Crippen molar-refractivity contribution in [2.45, 2.75) is 44.9 Å². The second-order valence-electron chi connectivity index (χ2n) is 6.79. The van der Waals surface area contributed by atoms with Gasteiger partial charge in [0.2, 0.25) is 5.91 Å². The third-order valence-corrected chi connectivity index (χ3v) is 4.20. The van der Waals surface area contributed by atoms with Crippen molar-refractivity contribution in [2.75, 3.05) is 25.5 Å². The number of carbonyl (C=O) groups is 2. The molecular formula is C14H23ClN2O4. The third kappa shape index (κ3) is 3.80. The van der Waals surface area contributed by atoms with Crippen molar-refractivity contribution in [3.05, 3.63) is 0 Å². The number of halogens is 1. The number of alkyl halides is 1. The normalized spacial score (nSPS) is 30.1. The van der Waals surface area contributed by atoms with E-state index in [0.717, 1.165) is 0 Å². The van der Waals surface area contributed by atoms with Crippen LogP contribution in [0.15, 0.2) is 0 Å². The lowest BCUT2D eigenvalue weighted by Crippen LogP contribution is -2.44. The maximum absolute atomic E-state index is 12.0. The molecule has 2 amide bonds. The Morgan fingerprint density at radius 2 is 2.05 bits per heavy atom. The van der Waals surface area contributed by atoms with Crippen LogP contribution in [0.5, 0.6) is 0 Å². The summed E-state index contributed by atoms with van der Waals surface area (Å²) in [6.07, 6.45) is -0.778. The number of ether oxygens (including phenoxy) is 1. The molecule has 2 fully saturated rings. The molecule has 2 saturated heterocycles. The van der Waals surface area contributed by atoms with Crippen LogP contribution in [-0.4, -0.2) is 70.2 Å². The molecule has 120 valence electrons. The average molecular weight is 319 g/mol. The minimum atomic E-state index is -0.740. The van der Waals surface area contributed by atoms with Crippen molar-refractivity contribution < 1.29 is 19.4 Å². The molecule has 2 aliphatic rings. The van der Waals surface area contributed by atoms with Gasteiger partial charge >= 0.3 is 6.09 Å². The lowest BCUT2D eigenvalue weighted by atomic mass is 10.1. The van der Waals surface area contributed by atoms with Crippen molar-refractivity contribution in [1.29, 1.82) is 0 Å². The summed E-state index contributed by atoms with van der Waals surface area (Å²) in [4.78, 5) is 27.2. The zero-order chi connectivity index (χ0) is 15.8. The maximum Gasteiger partial charge on any atom is 0.410 e. The van der Waals surface area contributed by atoms with Gasteiger partial charge in [-0.2, -0.15) is 0 Å². The molecule has 6 nitrogen and oxygen atoms in total. The highest BCUT2D eigenvalue weighted by Gasteiger charge is 2.43. The minimum absolute atomic E-state index is 0.00395. The van der Waals surface area contributed by atoms with Crippen LogP contribution in [0.25, 0.3) is 0 Å². The highest BCUT2D eigenvalue weighted by Crippen LogP contribution is 2.26. The van der Waals surface area contributed by atoms with Gasteiger partial charge in [0, 0.05) is 25.4 Å². The van der Waals surface area contributed by atoms with E-state index in [4.69, 9.17) is 16.3 Å². The first kappa shape index (κ1) is 16.4. The van der Waals surface area contributed by atoms with Gasteiger partial charge in [0.25, 0.3) is 0 Å². The van der Waals surface area contributed by atoms with E-state index in [-0.39, 0.29) is 24.4 Å². The molecule has 0 saturated carbocycles. The van der Waals surface area contributed by atoms with Gasteiger partial charge in [-0.1, -0.05) is 0 Å². The van der Waals surface area contributed by atoms with E-state index in [1.54, 1.807) is 25.7 Å². The van der Waals surface area contributed by atoms with Gasteiger partial charge in [0.05, 0.1) is 18.7 Å². The standard InChI is InChI=1S/C14H23ClN2O4/c1-14(2,3)21-13(20)16-7-10(11(18)8-16)17-6-9(5-15)4-12(17)19/h9-11,18H,4-8H2,1-3H3. The Morgan fingerprint density at radius 1 is 1.38 bits per heavy atom.